The molecule has 0 saturated heterocycles. The lowest BCUT2D eigenvalue weighted by Crippen LogP contribution is -2.19. The Labute approximate surface area is 403 Å². The molecule has 0 fully saturated rings. The van der Waals surface area contributed by atoms with Crippen LogP contribution in [0.2, 0.25) is 0 Å². The van der Waals surface area contributed by atoms with Crippen LogP contribution in [0.3, 0.4) is 0 Å². The first-order valence-electron chi connectivity index (χ1n) is 23.4. The second kappa shape index (κ2) is 17.2. The Morgan fingerprint density at radius 1 is 0.529 bits per heavy atom. The minimum Gasteiger partial charge on any atom is -0.311 e. The summed E-state index contributed by atoms with van der Waals surface area (Å²) in [5, 5.41) is 1.03. The molecule has 4 heteroatoms. The molecule has 0 N–H and O–H groups in total. The van der Waals surface area contributed by atoms with Crippen LogP contribution in [-0.2, 0) is 5.41 Å². The van der Waals surface area contributed by atoms with E-state index in [0.717, 1.165) is 62.1 Å². The largest absolute Gasteiger partial charge is 0.311 e. The summed E-state index contributed by atoms with van der Waals surface area (Å²) in [6.07, 6.45) is 8.02. The Balaban J connectivity index is 0.914. The Bertz CT molecular complexity index is 3360. The van der Waals surface area contributed by atoms with Crippen molar-refractivity contribution in [1.82, 2.24) is 4.98 Å². The number of anilines is 5. The predicted molar refractivity (Wildman–Crippen MR) is 285 cm³/mol. The van der Waals surface area contributed by atoms with E-state index >= 15 is 0 Å². The molecule has 0 saturated carbocycles. The number of rotatable bonds is 10. The van der Waals surface area contributed by atoms with Gasteiger partial charge in [-0.2, -0.15) is 0 Å². The molecule has 0 amide bonds. The molecule has 9 aromatic carbocycles. The van der Waals surface area contributed by atoms with Crippen LogP contribution in [0.15, 0.2) is 236 Å². The third kappa shape index (κ3) is 7.58. The van der Waals surface area contributed by atoms with Crippen LogP contribution in [0.5, 0.6) is 0 Å². The molecule has 10 aromatic rings. The molecule has 2 aliphatic carbocycles. The van der Waals surface area contributed by atoms with Crippen molar-refractivity contribution >= 4 is 50.0 Å². The molecule has 0 aliphatic heterocycles. The Kier molecular flexibility index (Phi) is 10.4. The normalized spacial score (nSPS) is 14.4. The Morgan fingerprint density at radius 2 is 1.09 bits per heavy atom. The molecular formula is C64H47N3S. The maximum absolute atomic E-state index is 4.98. The van der Waals surface area contributed by atoms with Crippen molar-refractivity contribution in [2.45, 2.75) is 31.6 Å². The zero-order chi connectivity index (χ0) is 45.6. The van der Waals surface area contributed by atoms with Gasteiger partial charge in [0.05, 0.1) is 10.2 Å². The van der Waals surface area contributed by atoms with Gasteiger partial charge in [0, 0.05) is 56.6 Å². The van der Waals surface area contributed by atoms with Gasteiger partial charge in [0.25, 0.3) is 0 Å². The van der Waals surface area contributed by atoms with Gasteiger partial charge in [-0.25, -0.2) is 4.98 Å². The van der Waals surface area contributed by atoms with Crippen LogP contribution in [0.25, 0.3) is 54.2 Å². The summed E-state index contributed by atoms with van der Waals surface area (Å²) < 4.78 is 1.20. The van der Waals surface area contributed by atoms with Crippen LogP contribution in [0.4, 0.5) is 28.4 Å². The van der Waals surface area contributed by atoms with Crippen molar-refractivity contribution in [2.24, 2.45) is 0 Å². The molecular weight excluding hydrogens is 843 g/mol. The van der Waals surface area contributed by atoms with Crippen molar-refractivity contribution in [1.29, 1.82) is 0 Å². The fourth-order valence-electron chi connectivity index (χ4n) is 10.1. The number of thiazole rings is 1. The van der Waals surface area contributed by atoms with E-state index in [1.807, 2.05) is 12.1 Å². The summed E-state index contributed by atoms with van der Waals surface area (Å²) in [6.45, 7) is 4.77. The second-order valence-corrected chi connectivity index (χ2v) is 19.2. The average molecular weight is 890 g/mol. The van der Waals surface area contributed by atoms with E-state index in [1.165, 1.54) is 49.3 Å². The lowest BCUT2D eigenvalue weighted by molar-refractivity contribution is 0.660. The highest BCUT2D eigenvalue weighted by Crippen LogP contribution is 2.52. The number of fused-ring (bicyclic) bond motifs is 4. The van der Waals surface area contributed by atoms with Gasteiger partial charge < -0.3 is 9.80 Å². The van der Waals surface area contributed by atoms with E-state index in [2.05, 4.69) is 254 Å². The second-order valence-electron chi connectivity index (χ2n) is 18.2. The number of aromatic nitrogens is 1. The lowest BCUT2D eigenvalue weighted by atomic mass is 9.82. The van der Waals surface area contributed by atoms with E-state index in [-0.39, 0.29) is 5.41 Å². The molecule has 1 heterocycles. The summed E-state index contributed by atoms with van der Waals surface area (Å²) in [5.74, 6) is 0.339. The molecule has 3 nitrogen and oxygen atoms in total. The predicted octanol–water partition coefficient (Wildman–Crippen LogP) is 17.4. The van der Waals surface area contributed by atoms with Crippen molar-refractivity contribution in [3.8, 4) is 44.0 Å². The number of benzene rings is 8. The van der Waals surface area contributed by atoms with Gasteiger partial charge in [-0.1, -0.05) is 153 Å². The van der Waals surface area contributed by atoms with E-state index in [9.17, 15) is 0 Å². The van der Waals surface area contributed by atoms with Crippen LogP contribution in [0, 0.1) is 12.1 Å². The molecule has 2 aliphatic rings. The fourth-order valence-corrected chi connectivity index (χ4v) is 11.1. The third-order valence-corrected chi connectivity index (χ3v) is 14.8. The third-order valence-electron chi connectivity index (χ3n) is 13.7. The van der Waals surface area contributed by atoms with Crippen LogP contribution < -0.4 is 9.80 Å². The smallest absolute Gasteiger partial charge is 0.124 e. The topological polar surface area (TPSA) is 19.4 Å². The van der Waals surface area contributed by atoms with Gasteiger partial charge in [0.2, 0.25) is 0 Å². The molecule has 0 radical (unpaired) electrons. The highest BCUT2D eigenvalue weighted by atomic mass is 32.1. The van der Waals surface area contributed by atoms with Crippen molar-refractivity contribution in [3.63, 3.8) is 0 Å². The van der Waals surface area contributed by atoms with Crippen molar-refractivity contribution in [3.05, 3.63) is 265 Å². The van der Waals surface area contributed by atoms with Crippen LogP contribution >= 0.6 is 11.3 Å². The minimum atomic E-state index is -0.277. The number of hydrogen-bond acceptors (Lipinski definition) is 4. The monoisotopic (exact) mass is 889 g/mol. The summed E-state index contributed by atoms with van der Waals surface area (Å²) in [5.41, 5.74) is 19.7. The SMILES string of the molecule is CC1(C)c2cc(N(C3=CCC(c4ccccc4)C=C3)c3ccc(-c4nc5ccccc5s4)cc3)ccc2-c2ccc(N(c3ccc(-c4c#cccc4)cc3)c3ccc(-c4ccccc4)cc3)cc21. The molecule has 1 atom stereocenters. The first-order valence-corrected chi connectivity index (χ1v) is 24.2. The quantitative estimate of drug-likeness (QED) is 0.136. The molecule has 1 aromatic heterocycles. The maximum atomic E-state index is 4.98. The Hall–Kier alpha value is -8.23. The number of para-hydroxylation sites is 1. The van der Waals surface area contributed by atoms with E-state index in [0.29, 0.717) is 5.92 Å². The molecule has 68 heavy (non-hydrogen) atoms. The number of nitrogens with zero attached hydrogens (tertiary/aromatic N) is 3. The summed E-state index contributed by atoms with van der Waals surface area (Å²) in [7, 11) is 0. The van der Waals surface area contributed by atoms with Gasteiger partial charge in [-0.15, -0.1) is 11.3 Å². The molecule has 324 valence electrons. The number of allylic oxidation sites excluding steroid dienone is 3. The Morgan fingerprint density at radius 3 is 1.71 bits per heavy atom. The maximum Gasteiger partial charge on any atom is 0.124 e. The van der Waals surface area contributed by atoms with Crippen LogP contribution in [-0.4, -0.2) is 4.98 Å². The van der Waals surface area contributed by atoms with Gasteiger partial charge in [0.15, 0.2) is 0 Å². The van der Waals surface area contributed by atoms with E-state index < -0.39 is 0 Å². The zero-order valence-corrected chi connectivity index (χ0v) is 38.8. The first kappa shape index (κ1) is 41.2. The van der Waals surface area contributed by atoms with Crippen LogP contribution in [0.1, 0.15) is 42.9 Å². The van der Waals surface area contributed by atoms with Crippen molar-refractivity contribution < 1.29 is 0 Å². The zero-order valence-electron chi connectivity index (χ0n) is 38.0. The molecule has 0 spiro atoms. The lowest BCUT2D eigenvalue weighted by Gasteiger charge is -2.31. The van der Waals surface area contributed by atoms with E-state index in [1.54, 1.807) is 11.3 Å². The summed E-state index contributed by atoms with van der Waals surface area (Å²) in [4.78, 5) is 9.79. The van der Waals surface area contributed by atoms with Gasteiger partial charge in [-0.3, -0.25) is 0 Å². The van der Waals surface area contributed by atoms with Gasteiger partial charge in [-0.05, 0) is 154 Å². The van der Waals surface area contributed by atoms with Gasteiger partial charge >= 0.3 is 0 Å². The highest BCUT2D eigenvalue weighted by Gasteiger charge is 2.37. The summed E-state index contributed by atoms with van der Waals surface area (Å²) in [6, 6.07) is 83.0. The molecule has 1 unspecified atom stereocenters. The fraction of sp³-hybridized carbons (Fsp3) is 0.0781. The molecule has 12 rings (SSSR count). The summed E-state index contributed by atoms with van der Waals surface area (Å²) >= 11 is 1.74. The van der Waals surface area contributed by atoms with E-state index in [4.69, 9.17) is 4.98 Å². The average Bonchev–Trinajstić information content (AvgIpc) is 3.94. The molecule has 0 bridgehead atoms. The first-order chi connectivity index (χ1) is 33.4. The highest BCUT2D eigenvalue weighted by molar-refractivity contribution is 7.21. The van der Waals surface area contributed by atoms with Gasteiger partial charge in [0.1, 0.15) is 5.01 Å². The van der Waals surface area contributed by atoms with Crippen molar-refractivity contribution in [2.75, 3.05) is 9.80 Å². The standard InChI is InChI=1S/C64H47N3S/c1-64(2)59-42-55(66(51-30-22-47(23-31-51)44-14-6-3-7-15-44)52-32-24-48(25-33-52)45-16-8-4-9-17-45)38-40-57(59)58-41-39-56(43-60(58)64)67(53-34-26-49(27-35-53)46-18-10-5-11-19-46)54-36-28-50(29-37-54)63-65-61-20-12-13-21-62(61)68-63/h3-8,10-16,18-26,28-43,49H,27H2,1-2H3. The minimum absolute atomic E-state index is 0.277. The number of hydrogen-bond donors (Lipinski definition) is 0.